The summed E-state index contributed by atoms with van der Waals surface area (Å²) in [6, 6.07) is 1.80. The van der Waals surface area contributed by atoms with Crippen molar-refractivity contribution in [3.63, 3.8) is 0 Å². The second kappa shape index (κ2) is 4.79. The summed E-state index contributed by atoms with van der Waals surface area (Å²) in [4.78, 5) is 11.3. The first kappa shape index (κ1) is 11.8. The summed E-state index contributed by atoms with van der Waals surface area (Å²) in [6.45, 7) is 0. The molecule has 0 unspecified atom stereocenters. The molecule has 3 rings (SSSR count). The monoisotopic (exact) mass is 248 g/mol. The van der Waals surface area contributed by atoms with Crippen LogP contribution >= 0.6 is 0 Å². The van der Waals surface area contributed by atoms with E-state index in [0.717, 1.165) is 37.2 Å². The van der Waals surface area contributed by atoms with Gasteiger partial charge in [-0.1, -0.05) is 25.7 Å². The van der Waals surface area contributed by atoms with Crippen molar-refractivity contribution >= 4 is 5.97 Å². The van der Waals surface area contributed by atoms with E-state index in [4.69, 9.17) is 4.42 Å². The molecule has 2 aliphatic carbocycles. The lowest BCUT2D eigenvalue weighted by Crippen LogP contribution is -2.11. The molecule has 1 aromatic rings. The van der Waals surface area contributed by atoms with Gasteiger partial charge in [0, 0.05) is 11.8 Å². The van der Waals surface area contributed by atoms with Gasteiger partial charge < -0.3 is 9.52 Å². The Balaban J connectivity index is 1.88. The fourth-order valence-electron chi connectivity index (χ4n) is 3.15. The maximum absolute atomic E-state index is 11.3. The summed E-state index contributed by atoms with van der Waals surface area (Å²) < 4.78 is 5.94. The zero-order valence-electron chi connectivity index (χ0n) is 10.7. The van der Waals surface area contributed by atoms with Gasteiger partial charge in [-0.25, -0.2) is 4.79 Å². The molecule has 0 amide bonds. The normalized spacial score (nSPS) is 21.8. The first-order valence-electron chi connectivity index (χ1n) is 7.12. The Morgan fingerprint density at radius 3 is 2.28 bits per heavy atom. The van der Waals surface area contributed by atoms with Crippen molar-refractivity contribution in [2.75, 3.05) is 0 Å². The molecule has 0 saturated heterocycles. The molecule has 3 heteroatoms. The first-order valence-corrected chi connectivity index (χ1v) is 7.12. The van der Waals surface area contributed by atoms with Crippen LogP contribution in [0.5, 0.6) is 0 Å². The van der Waals surface area contributed by atoms with Crippen LogP contribution in [-0.2, 0) is 0 Å². The molecule has 2 aliphatic rings. The predicted octanol–water partition coefficient (Wildman–Crippen LogP) is 4.29. The van der Waals surface area contributed by atoms with Gasteiger partial charge in [-0.2, -0.15) is 0 Å². The van der Waals surface area contributed by atoms with Gasteiger partial charge in [0.15, 0.2) is 0 Å². The molecule has 1 aromatic heterocycles. The van der Waals surface area contributed by atoms with E-state index in [-0.39, 0.29) is 0 Å². The topological polar surface area (TPSA) is 50.4 Å². The molecule has 0 aromatic carbocycles. The Morgan fingerprint density at radius 2 is 1.72 bits per heavy atom. The Bertz CT molecular complexity index is 437. The number of furan rings is 1. The van der Waals surface area contributed by atoms with Crippen molar-refractivity contribution in [3.8, 4) is 0 Å². The molecule has 98 valence electrons. The van der Waals surface area contributed by atoms with Gasteiger partial charge in [0.2, 0.25) is 0 Å². The molecule has 0 bridgehead atoms. The number of hydrogen-bond acceptors (Lipinski definition) is 2. The average Bonchev–Trinajstić information content (AvgIpc) is 2.73. The highest BCUT2D eigenvalue weighted by atomic mass is 16.4. The van der Waals surface area contributed by atoms with Gasteiger partial charge in [0.1, 0.15) is 17.1 Å². The summed E-state index contributed by atoms with van der Waals surface area (Å²) >= 11 is 0. The van der Waals surface area contributed by atoms with E-state index in [1.54, 1.807) is 6.07 Å². The van der Waals surface area contributed by atoms with Crippen LogP contribution in [0.4, 0.5) is 0 Å². The van der Waals surface area contributed by atoms with E-state index in [1.165, 1.54) is 25.7 Å². The van der Waals surface area contributed by atoms with Gasteiger partial charge in [-0.05, 0) is 31.7 Å². The van der Waals surface area contributed by atoms with E-state index in [2.05, 4.69) is 0 Å². The maximum atomic E-state index is 11.3. The van der Waals surface area contributed by atoms with Crippen LogP contribution in [0.1, 0.15) is 85.1 Å². The maximum Gasteiger partial charge on any atom is 0.339 e. The van der Waals surface area contributed by atoms with Crippen molar-refractivity contribution in [1.82, 2.24) is 0 Å². The van der Waals surface area contributed by atoms with Crippen LogP contribution in [0.15, 0.2) is 10.5 Å². The molecule has 2 fully saturated rings. The fourth-order valence-corrected chi connectivity index (χ4v) is 3.15. The van der Waals surface area contributed by atoms with Crippen molar-refractivity contribution < 1.29 is 14.3 Å². The van der Waals surface area contributed by atoms with Crippen LogP contribution in [0.2, 0.25) is 0 Å². The molecule has 0 aliphatic heterocycles. The van der Waals surface area contributed by atoms with Crippen LogP contribution in [0.25, 0.3) is 0 Å². The number of aromatic carboxylic acids is 1. The van der Waals surface area contributed by atoms with Crippen LogP contribution < -0.4 is 0 Å². The average molecular weight is 248 g/mol. The molecular weight excluding hydrogens is 228 g/mol. The Kier molecular flexibility index (Phi) is 3.14. The number of carbonyl (C=O) groups is 1. The molecule has 1 heterocycles. The number of carboxylic acids is 1. The Hall–Kier alpha value is -1.25. The molecule has 18 heavy (non-hydrogen) atoms. The van der Waals surface area contributed by atoms with Gasteiger partial charge >= 0.3 is 5.97 Å². The molecule has 0 atom stereocenters. The van der Waals surface area contributed by atoms with E-state index in [9.17, 15) is 9.90 Å². The van der Waals surface area contributed by atoms with E-state index in [1.807, 2.05) is 0 Å². The lowest BCUT2D eigenvalue weighted by molar-refractivity contribution is 0.0692. The standard InChI is InChI=1S/C15H20O3/c16-15(17)12-9-13(10-5-2-1-3-6-10)18-14(12)11-7-4-8-11/h9-11H,1-8H2,(H,16,17). The molecule has 1 N–H and O–H groups in total. The van der Waals surface area contributed by atoms with Crippen molar-refractivity contribution in [3.05, 3.63) is 23.2 Å². The summed E-state index contributed by atoms with van der Waals surface area (Å²) in [5, 5.41) is 9.29. The minimum atomic E-state index is -0.831. The summed E-state index contributed by atoms with van der Waals surface area (Å²) in [5.41, 5.74) is 0.417. The highest BCUT2D eigenvalue weighted by Gasteiger charge is 2.31. The SMILES string of the molecule is O=C(O)c1cc(C2CCCCC2)oc1C1CCC1. The van der Waals surface area contributed by atoms with E-state index < -0.39 is 5.97 Å². The molecule has 0 radical (unpaired) electrons. The third-order valence-electron chi connectivity index (χ3n) is 4.49. The van der Waals surface area contributed by atoms with Gasteiger partial charge in [0.25, 0.3) is 0 Å². The Morgan fingerprint density at radius 1 is 1.06 bits per heavy atom. The minimum absolute atomic E-state index is 0.355. The molecule has 0 spiro atoms. The van der Waals surface area contributed by atoms with E-state index in [0.29, 0.717) is 17.4 Å². The quantitative estimate of drug-likeness (QED) is 0.867. The lowest BCUT2D eigenvalue weighted by atomic mass is 9.82. The molecular formula is C15H20O3. The van der Waals surface area contributed by atoms with Gasteiger partial charge in [-0.15, -0.1) is 0 Å². The number of carboxylic acid groups (broad SMARTS) is 1. The third kappa shape index (κ3) is 2.06. The van der Waals surface area contributed by atoms with Crippen LogP contribution in [0, 0.1) is 0 Å². The summed E-state index contributed by atoms with van der Waals surface area (Å²) in [5.74, 6) is 1.64. The van der Waals surface area contributed by atoms with Crippen LogP contribution in [-0.4, -0.2) is 11.1 Å². The van der Waals surface area contributed by atoms with Crippen molar-refractivity contribution in [2.45, 2.75) is 63.2 Å². The zero-order chi connectivity index (χ0) is 12.5. The highest BCUT2D eigenvalue weighted by Crippen LogP contribution is 2.42. The second-order valence-electron chi connectivity index (χ2n) is 5.69. The molecule has 3 nitrogen and oxygen atoms in total. The largest absolute Gasteiger partial charge is 0.478 e. The van der Waals surface area contributed by atoms with Crippen molar-refractivity contribution in [1.29, 1.82) is 0 Å². The third-order valence-corrected chi connectivity index (χ3v) is 4.49. The number of hydrogen-bond donors (Lipinski definition) is 1. The smallest absolute Gasteiger partial charge is 0.339 e. The van der Waals surface area contributed by atoms with Crippen LogP contribution in [0.3, 0.4) is 0 Å². The molecule has 2 saturated carbocycles. The lowest BCUT2D eigenvalue weighted by Gasteiger charge is -2.24. The fraction of sp³-hybridized carbons (Fsp3) is 0.667. The van der Waals surface area contributed by atoms with Gasteiger partial charge in [0.05, 0.1) is 0 Å². The summed E-state index contributed by atoms with van der Waals surface area (Å²) in [7, 11) is 0. The number of rotatable bonds is 3. The van der Waals surface area contributed by atoms with E-state index >= 15 is 0 Å². The second-order valence-corrected chi connectivity index (χ2v) is 5.69. The summed E-state index contributed by atoms with van der Waals surface area (Å²) in [6.07, 6.45) is 9.45. The zero-order valence-corrected chi connectivity index (χ0v) is 10.7. The van der Waals surface area contributed by atoms with Crippen molar-refractivity contribution in [2.24, 2.45) is 0 Å². The predicted molar refractivity (Wildman–Crippen MR) is 68.1 cm³/mol. The Labute approximate surface area is 107 Å². The minimum Gasteiger partial charge on any atom is -0.478 e. The van der Waals surface area contributed by atoms with Gasteiger partial charge in [-0.3, -0.25) is 0 Å². The first-order chi connectivity index (χ1) is 8.75. The highest BCUT2D eigenvalue weighted by molar-refractivity contribution is 5.89.